The van der Waals surface area contributed by atoms with Crippen LogP contribution in [0.5, 0.6) is 0 Å². The van der Waals surface area contributed by atoms with Crippen LogP contribution in [0.3, 0.4) is 0 Å². The van der Waals surface area contributed by atoms with Crippen LogP contribution in [0.4, 0.5) is 17.1 Å². The highest BCUT2D eigenvalue weighted by Crippen LogP contribution is 2.52. The maximum atomic E-state index is 7.70. The molecule has 0 aliphatic carbocycles. The van der Waals surface area contributed by atoms with Gasteiger partial charge in [0.1, 0.15) is 0 Å². The molecule has 4 heteroatoms. The lowest BCUT2D eigenvalue weighted by Gasteiger charge is -2.36. The zero-order valence-electron chi connectivity index (χ0n) is 21.2. The van der Waals surface area contributed by atoms with E-state index in [0.29, 0.717) is 5.69 Å². The van der Waals surface area contributed by atoms with Crippen LogP contribution >= 0.6 is 0 Å². The summed E-state index contributed by atoms with van der Waals surface area (Å²) in [5.74, 6) is 0. The largest absolute Gasteiger partial charge is 0.334 e. The topological polar surface area (TPSA) is 17.5 Å². The van der Waals surface area contributed by atoms with Gasteiger partial charge < -0.3 is 14.0 Å². The Morgan fingerprint density at radius 2 is 1.26 bits per heavy atom. The van der Waals surface area contributed by atoms with Gasteiger partial charge in [-0.15, -0.1) is 0 Å². The summed E-state index contributed by atoms with van der Waals surface area (Å²) >= 11 is 0. The van der Waals surface area contributed by atoms with E-state index in [1.54, 1.807) is 0 Å². The number of hydrogen-bond acceptors (Lipinski definition) is 1. The van der Waals surface area contributed by atoms with Gasteiger partial charge in [0.2, 0.25) is 0 Å². The van der Waals surface area contributed by atoms with Gasteiger partial charge in [-0.2, -0.15) is 0 Å². The third-order valence-electron chi connectivity index (χ3n) is 7.92. The summed E-state index contributed by atoms with van der Waals surface area (Å²) in [6.45, 7) is 12.2. The Kier molecular flexibility index (Phi) is 4.17. The van der Waals surface area contributed by atoms with Crippen LogP contribution in [-0.2, 0) is 0 Å². The first kappa shape index (κ1) is 21.1. The van der Waals surface area contributed by atoms with Gasteiger partial charge in [-0.3, -0.25) is 0 Å². The zero-order valence-corrected chi connectivity index (χ0v) is 21.2. The van der Waals surface area contributed by atoms with Crippen LogP contribution < -0.4 is 4.90 Å². The lowest BCUT2D eigenvalue weighted by atomic mass is 10.0. The van der Waals surface area contributed by atoms with E-state index in [1.807, 2.05) is 6.07 Å². The number of rotatable bonds is 2. The molecule has 0 spiro atoms. The molecule has 1 aliphatic rings. The Morgan fingerprint density at radius 3 is 2.05 bits per heavy atom. The van der Waals surface area contributed by atoms with Gasteiger partial charge in [0.25, 0.3) is 0 Å². The van der Waals surface area contributed by atoms with Crippen LogP contribution in [0, 0.1) is 6.57 Å². The second-order valence-corrected chi connectivity index (χ2v) is 10.3. The van der Waals surface area contributed by atoms with Gasteiger partial charge in [0.15, 0.2) is 5.69 Å². The molecule has 0 atom stereocenters. The third kappa shape index (κ3) is 2.58. The van der Waals surface area contributed by atoms with E-state index in [-0.39, 0.29) is 6.04 Å². The second kappa shape index (κ2) is 7.50. The molecule has 2 aromatic heterocycles. The number of aromatic nitrogens is 2. The summed E-state index contributed by atoms with van der Waals surface area (Å²) in [6, 6.07) is 36.7. The van der Waals surface area contributed by atoms with Gasteiger partial charge in [0, 0.05) is 27.9 Å². The monoisotopic (exact) mass is 488 g/mol. The molecule has 0 fully saturated rings. The molecule has 7 aromatic rings. The molecule has 5 aromatic carbocycles. The summed E-state index contributed by atoms with van der Waals surface area (Å²) in [7, 11) is 0. The fourth-order valence-corrected chi connectivity index (χ4v) is 6.49. The van der Waals surface area contributed by atoms with E-state index in [0.717, 1.165) is 16.6 Å². The van der Waals surface area contributed by atoms with Crippen molar-refractivity contribution in [1.82, 2.24) is 9.13 Å². The summed E-state index contributed by atoms with van der Waals surface area (Å²) < 4.78 is 4.84. The number of benzene rings is 5. The minimum atomic E-state index is 0.234. The fraction of sp³-hybridized carbons (Fsp3) is 0.0882. The summed E-state index contributed by atoms with van der Waals surface area (Å²) in [6.07, 6.45) is 0. The average Bonchev–Trinajstić information content (AvgIpc) is 3.47. The molecule has 38 heavy (non-hydrogen) atoms. The van der Waals surface area contributed by atoms with Crippen molar-refractivity contribution >= 4 is 60.7 Å². The number of nitrogens with zero attached hydrogens (tertiary/aromatic N) is 4. The fourth-order valence-electron chi connectivity index (χ4n) is 6.49. The van der Waals surface area contributed by atoms with E-state index in [1.165, 1.54) is 49.8 Å². The van der Waals surface area contributed by atoms with Crippen molar-refractivity contribution in [3.8, 4) is 11.4 Å². The minimum absolute atomic E-state index is 0.234. The number of para-hydroxylation sites is 4. The normalized spacial score (nSPS) is 12.6. The maximum absolute atomic E-state index is 7.70. The average molecular weight is 489 g/mol. The molecule has 1 aliphatic heterocycles. The molecular weight excluding hydrogens is 464 g/mol. The Bertz CT molecular complexity index is 2120. The van der Waals surface area contributed by atoms with Crippen LogP contribution in [0.15, 0.2) is 103 Å². The SMILES string of the molecule is [C-]#[N+]c1ccc2c(c1)c1cc3c4ccccc4n4c3c(c1n2-c1ccccc1)N(C(C)C)c1ccccc1-4. The minimum Gasteiger partial charge on any atom is -0.334 e. The lowest BCUT2D eigenvalue weighted by Crippen LogP contribution is -2.30. The van der Waals surface area contributed by atoms with E-state index < -0.39 is 0 Å². The highest BCUT2D eigenvalue weighted by atomic mass is 15.2. The zero-order chi connectivity index (χ0) is 25.5. The standard InChI is InChI=1S/C34H24N4/c1-21(2)36-30-15-9-10-16-31(30)38-28-14-8-7-13-24(28)26-20-27-25-19-22(35-3)17-18-29(25)37(23-11-5-4-6-12-23)32(27)34(36)33(26)38/h4-21H,1-2H3. The Labute approximate surface area is 220 Å². The van der Waals surface area contributed by atoms with E-state index in [4.69, 9.17) is 6.57 Å². The van der Waals surface area contributed by atoms with E-state index in [2.05, 4.69) is 130 Å². The number of fused-ring (bicyclic) bond motifs is 9. The van der Waals surface area contributed by atoms with Crippen molar-refractivity contribution in [2.24, 2.45) is 0 Å². The maximum Gasteiger partial charge on any atom is 0.188 e. The summed E-state index contributed by atoms with van der Waals surface area (Å²) in [5.41, 5.74) is 10.1. The predicted molar refractivity (Wildman–Crippen MR) is 159 cm³/mol. The smallest absolute Gasteiger partial charge is 0.188 e. The quantitative estimate of drug-likeness (QED) is 0.222. The lowest BCUT2D eigenvalue weighted by molar-refractivity contribution is 0.783. The van der Waals surface area contributed by atoms with E-state index >= 15 is 0 Å². The van der Waals surface area contributed by atoms with Gasteiger partial charge in [-0.05, 0) is 67.8 Å². The van der Waals surface area contributed by atoms with Crippen molar-refractivity contribution in [2.45, 2.75) is 19.9 Å². The van der Waals surface area contributed by atoms with Crippen molar-refractivity contribution < 1.29 is 0 Å². The first-order valence-electron chi connectivity index (χ1n) is 13.0. The first-order valence-corrected chi connectivity index (χ1v) is 13.0. The molecule has 3 heterocycles. The number of anilines is 2. The summed E-state index contributed by atoms with van der Waals surface area (Å²) in [4.78, 5) is 6.29. The highest BCUT2D eigenvalue weighted by Gasteiger charge is 2.33. The van der Waals surface area contributed by atoms with Crippen molar-refractivity contribution in [2.75, 3.05) is 4.90 Å². The molecule has 180 valence electrons. The van der Waals surface area contributed by atoms with Gasteiger partial charge in [-0.1, -0.05) is 54.6 Å². The van der Waals surface area contributed by atoms with Gasteiger partial charge in [0.05, 0.1) is 45.7 Å². The van der Waals surface area contributed by atoms with Crippen LogP contribution in [0.25, 0.3) is 59.8 Å². The van der Waals surface area contributed by atoms with Crippen LogP contribution in [-0.4, -0.2) is 15.2 Å². The number of hydrogen-bond donors (Lipinski definition) is 0. The van der Waals surface area contributed by atoms with Crippen LogP contribution in [0.2, 0.25) is 0 Å². The van der Waals surface area contributed by atoms with Crippen molar-refractivity contribution in [1.29, 1.82) is 0 Å². The summed E-state index contributed by atoms with van der Waals surface area (Å²) in [5, 5.41) is 4.76. The molecule has 0 N–H and O–H groups in total. The van der Waals surface area contributed by atoms with Crippen LogP contribution in [0.1, 0.15) is 13.8 Å². The molecule has 0 saturated carbocycles. The third-order valence-corrected chi connectivity index (χ3v) is 7.92. The molecule has 4 nitrogen and oxygen atoms in total. The van der Waals surface area contributed by atoms with Gasteiger partial charge in [-0.25, -0.2) is 4.85 Å². The molecule has 0 unspecified atom stereocenters. The first-order chi connectivity index (χ1) is 18.7. The van der Waals surface area contributed by atoms with E-state index in [9.17, 15) is 0 Å². The molecule has 8 rings (SSSR count). The van der Waals surface area contributed by atoms with Crippen molar-refractivity contribution in [3.05, 3.63) is 115 Å². The predicted octanol–water partition coefficient (Wildman–Crippen LogP) is 9.29. The molecule has 0 saturated heterocycles. The molecule has 0 radical (unpaired) electrons. The molecule has 0 amide bonds. The Morgan fingerprint density at radius 1 is 0.605 bits per heavy atom. The molecular formula is C34H24N4. The Hall–Kier alpha value is -5.01. The van der Waals surface area contributed by atoms with Crippen molar-refractivity contribution in [3.63, 3.8) is 0 Å². The Balaban J connectivity index is 1.71. The highest BCUT2D eigenvalue weighted by molar-refractivity contribution is 6.27. The second-order valence-electron chi connectivity index (χ2n) is 10.3. The molecule has 0 bridgehead atoms. The van der Waals surface area contributed by atoms with Gasteiger partial charge >= 0.3 is 0 Å².